The molecule has 3 nitrogen and oxygen atoms in total. The molecular weight excluding hydrogens is 419 g/mol. The molecule has 34 heavy (non-hydrogen) atoms. The van der Waals surface area contributed by atoms with Gasteiger partial charge in [0.15, 0.2) is 0 Å². The second-order valence-corrected chi connectivity index (χ2v) is 11.4. The van der Waals surface area contributed by atoms with Gasteiger partial charge in [-0.3, -0.25) is 0 Å². The van der Waals surface area contributed by atoms with Crippen molar-refractivity contribution in [3.8, 4) is 16.9 Å². The maximum atomic E-state index is 6.26. The summed E-state index contributed by atoms with van der Waals surface area (Å²) in [5, 5.41) is 2.42. The van der Waals surface area contributed by atoms with Crippen molar-refractivity contribution in [1.82, 2.24) is 0 Å². The second kappa shape index (κ2) is 8.43. The average Bonchev–Trinajstić information content (AvgIpc) is 3.05. The van der Waals surface area contributed by atoms with E-state index in [2.05, 4.69) is 89.2 Å². The van der Waals surface area contributed by atoms with Crippen LogP contribution in [0.4, 0.5) is 0 Å². The molecule has 1 saturated carbocycles. The summed E-state index contributed by atoms with van der Waals surface area (Å²) in [6.07, 6.45) is 6.39. The minimum absolute atomic E-state index is 0.189. The van der Waals surface area contributed by atoms with Crippen molar-refractivity contribution >= 4 is 23.4 Å². The van der Waals surface area contributed by atoms with Gasteiger partial charge in [0.1, 0.15) is 5.75 Å². The van der Waals surface area contributed by atoms with E-state index in [1.54, 1.807) is 7.11 Å². The van der Waals surface area contributed by atoms with Gasteiger partial charge in [-0.2, -0.15) is 0 Å². The summed E-state index contributed by atoms with van der Waals surface area (Å²) in [6.45, 7) is 10.8. The predicted molar refractivity (Wildman–Crippen MR) is 142 cm³/mol. The summed E-state index contributed by atoms with van der Waals surface area (Å²) in [6, 6.07) is 20.0. The Kier molecular flexibility index (Phi) is 5.81. The first kappa shape index (κ1) is 23.4. The first-order chi connectivity index (χ1) is 16.1. The molecule has 2 aliphatic rings. The van der Waals surface area contributed by atoms with Crippen molar-refractivity contribution < 1.29 is 14.0 Å². The number of benzene rings is 3. The fourth-order valence-corrected chi connectivity index (χ4v) is 5.53. The number of hydrogen-bond donors (Lipinski definition) is 0. The van der Waals surface area contributed by atoms with Crippen LogP contribution >= 0.6 is 0 Å². The van der Waals surface area contributed by atoms with Crippen LogP contribution in [0.5, 0.6) is 5.75 Å². The Morgan fingerprint density at radius 3 is 1.97 bits per heavy atom. The fourth-order valence-electron chi connectivity index (χ4n) is 5.53. The smallest absolute Gasteiger partial charge is 0.494 e. The fraction of sp³-hybridized carbons (Fsp3) is 0.467. The molecular formula is C30H37BO3. The zero-order valence-corrected chi connectivity index (χ0v) is 21.5. The van der Waals surface area contributed by atoms with E-state index in [4.69, 9.17) is 14.0 Å². The molecule has 3 aromatic rings. The van der Waals surface area contributed by atoms with Crippen LogP contribution in [0.15, 0.2) is 54.6 Å². The van der Waals surface area contributed by atoms with Gasteiger partial charge >= 0.3 is 7.12 Å². The standard InChI is InChI=1S/C30H37BO3/c1-28(2)29(3,4)34-31(33-28)25-14-12-22-18-21(10-11-23(22)19-25)24-13-15-27(32-6)26(20-24)30(5)16-8-7-9-17-30/h10-15,18-20H,7-9,16-17H2,1-6H3. The number of hydrogen-bond acceptors (Lipinski definition) is 3. The third-order valence-electron chi connectivity index (χ3n) is 8.53. The van der Waals surface area contributed by atoms with Crippen LogP contribution in [0.3, 0.4) is 0 Å². The van der Waals surface area contributed by atoms with E-state index >= 15 is 0 Å². The topological polar surface area (TPSA) is 27.7 Å². The molecule has 4 heteroatoms. The van der Waals surface area contributed by atoms with Gasteiger partial charge in [0.25, 0.3) is 0 Å². The van der Waals surface area contributed by atoms with Gasteiger partial charge in [-0.15, -0.1) is 0 Å². The van der Waals surface area contributed by atoms with Crippen LogP contribution in [0.2, 0.25) is 0 Å². The summed E-state index contributed by atoms with van der Waals surface area (Å²) < 4.78 is 18.3. The summed E-state index contributed by atoms with van der Waals surface area (Å²) >= 11 is 0. The molecule has 1 heterocycles. The first-order valence-electron chi connectivity index (χ1n) is 12.7. The highest BCUT2D eigenvalue weighted by atomic mass is 16.7. The van der Waals surface area contributed by atoms with Gasteiger partial charge in [-0.25, -0.2) is 0 Å². The lowest BCUT2D eigenvalue weighted by Gasteiger charge is -2.35. The van der Waals surface area contributed by atoms with Crippen molar-refractivity contribution in [2.75, 3.05) is 7.11 Å². The monoisotopic (exact) mass is 456 g/mol. The molecule has 1 saturated heterocycles. The van der Waals surface area contributed by atoms with Crippen molar-refractivity contribution in [2.24, 2.45) is 0 Å². The maximum absolute atomic E-state index is 6.26. The molecule has 2 fully saturated rings. The molecule has 0 N–H and O–H groups in total. The zero-order chi connectivity index (χ0) is 24.1. The molecule has 3 aromatic carbocycles. The van der Waals surface area contributed by atoms with Crippen LogP contribution < -0.4 is 10.2 Å². The minimum Gasteiger partial charge on any atom is -0.496 e. The lowest BCUT2D eigenvalue weighted by Crippen LogP contribution is -2.41. The van der Waals surface area contributed by atoms with E-state index in [0.29, 0.717) is 0 Å². The number of fused-ring (bicyclic) bond motifs is 1. The summed E-state index contributed by atoms with van der Waals surface area (Å²) in [5.41, 5.74) is 4.42. The molecule has 0 aromatic heterocycles. The maximum Gasteiger partial charge on any atom is 0.494 e. The van der Waals surface area contributed by atoms with Crippen molar-refractivity contribution in [3.05, 3.63) is 60.2 Å². The lowest BCUT2D eigenvalue weighted by atomic mass is 9.70. The van der Waals surface area contributed by atoms with Crippen LogP contribution in [-0.2, 0) is 14.7 Å². The summed E-state index contributed by atoms with van der Waals surface area (Å²) in [4.78, 5) is 0. The van der Waals surface area contributed by atoms with Crippen molar-refractivity contribution in [3.63, 3.8) is 0 Å². The van der Waals surface area contributed by atoms with E-state index < -0.39 is 0 Å². The number of ether oxygens (including phenoxy) is 1. The lowest BCUT2D eigenvalue weighted by molar-refractivity contribution is 0.00578. The van der Waals surface area contributed by atoms with Gasteiger partial charge in [0.05, 0.1) is 18.3 Å². The van der Waals surface area contributed by atoms with E-state index in [1.165, 1.54) is 59.6 Å². The van der Waals surface area contributed by atoms with Crippen LogP contribution in [0.1, 0.15) is 72.3 Å². The average molecular weight is 456 g/mol. The molecule has 0 bridgehead atoms. The van der Waals surface area contributed by atoms with E-state index in [1.807, 2.05) is 0 Å². The highest BCUT2D eigenvalue weighted by molar-refractivity contribution is 6.62. The van der Waals surface area contributed by atoms with Gasteiger partial charge in [-0.05, 0) is 91.5 Å². The molecule has 0 spiro atoms. The molecule has 5 rings (SSSR count). The van der Waals surface area contributed by atoms with E-state index in [-0.39, 0.29) is 23.7 Å². The van der Waals surface area contributed by atoms with Gasteiger partial charge in [0.2, 0.25) is 0 Å². The molecule has 1 aliphatic carbocycles. The Labute approximate surface area is 205 Å². The Balaban J connectivity index is 1.47. The van der Waals surface area contributed by atoms with Crippen LogP contribution in [-0.4, -0.2) is 25.4 Å². The summed E-state index contributed by atoms with van der Waals surface area (Å²) in [5.74, 6) is 1.01. The molecule has 178 valence electrons. The molecule has 0 unspecified atom stereocenters. The quantitative estimate of drug-likeness (QED) is 0.394. The Morgan fingerprint density at radius 1 is 0.706 bits per heavy atom. The Morgan fingerprint density at radius 2 is 1.29 bits per heavy atom. The van der Waals surface area contributed by atoms with Crippen molar-refractivity contribution in [2.45, 2.75) is 83.3 Å². The molecule has 1 aliphatic heterocycles. The van der Waals surface area contributed by atoms with E-state index in [9.17, 15) is 0 Å². The van der Waals surface area contributed by atoms with Gasteiger partial charge < -0.3 is 14.0 Å². The summed E-state index contributed by atoms with van der Waals surface area (Å²) in [7, 11) is 1.45. The normalized spacial score (nSPS) is 21.1. The second-order valence-electron chi connectivity index (χ2n) is 11.4. The third-order valence-corrected chi connectivity index (χ3v) is 8.53. The van der Waals surface area contributed by atoms with Gasteiger partial charge in [-0.1, -0.05) is 62.6 Å². The van der Waals surface area contributed by atoms with Crippen LogP contribution in [0, 0.1) is 0 Å². The molecule has 0 atom stereocenters. The SMILES string of the molecule is COc1ccc(-c2ccc3cc(B4OC(C)(C)C(C)(C)O4)ccc3c2)cc1C1(C)CCCCC1. The third kappa shape index (κ3) is 4.05. The molecule has 0 amide bonds. The highest BCUT2D eigenvalue weighted by Crippen LogP contribution is 2.44. The largest absolute Gasteiger partial charge is 0.496 e. The van der Waals surface area contributed by atoms with E-state index in [0.717, 1.165) is 11.2 Å². The number of methoxy groups -OCH3 is 1. The molecule has 0 radical (unpaired) electrons. The number of rotatable bonds is 4. The minimum atomic E-state index is -0.338. The zero-order valence-electron chi connectivity index (χ0n) is 21.5. The Bertz CT molecular complexity index is 1190. The van der Waals surface area contributed by atoms with Crippen molar-refractivity contribution in [1.29, 1.82) is 0 Å². The Hall–Kier alpha value is -2.30. The first-order valence-corrected chi connectivity index (χ1v) is 12.7. The predicted octanol–water partition coefficient (Wildman–Crippen LogP) is 7.04. The van der Waals surface area contributed by atoms with Crippen LogP contribution in [0.25, 0.3) is 21.9 Å². The van der Waals surface area contributed by atoms with Gasteiger partial charge in [0, 0.05) is 5.56 Å². The highest BCUT2D eigenvalue weighted by Gasteiger charge is 2.51.